The molecule has 0 saturated carbocycles. The molecular weight excluding hydrogens is 282 g/mol. The minimum atomic E-state index is -0.202. The molecule has 7 heteroatoms. The molecular formula is C15H19N5O2. The van der Waals surface area contributed by atoms with Gasteiger partial charge in [-0.25, -0.2) is 0 Å². The lowest BCUT2D eigenvalue weighted by Crippen LogP contribution is -2.49. The van der Waals surface area contributed by atoms with E-state index in [-0.39, 0.29) is 11.5 Å². The van der Waals surface area contributed by atoms with E-state index >= 15 is 0 Å². The molecule has 3 heterocycles. The van der Waals surface area contributed by atoms with Crippen LogP contribution in [0, 0.1) is 13.8 Å². The summed E-state index contributed by atoms with van der Waals surface area (Å²) in [5.74, 6) is -0.0449. The van der Waals surface area contributed by atoms with Gasteiger partial charge >= 0.3 is 0 Å². The predicted molar refractivity (Wildman–Crippen MR) is 83.2 cm³/mol. The Morgan fingerprint density at radius 3 is 2.45 bits per heavy atom. The van der Waals surface area contributed by atoms with Gasteiger partial charge in [0, 0.05) is 38.4 Å². The number of piperazine rings is 1. The molecule has 2 aromatic heterocycles. The summed E-state index contributed by atoms with van der Waals surface area (Å²) >= 11 is 0. The molecule has 1 saturated heterocycles. The summed E-state index contributed by atoms with van der Waals surface area (Å²) in [6.07, 6.45) is 1.47. The van der Waals surface area contributed by atoms with E-state index in [0.29, 0.717) is 18.7 Å². The Balaban J connectivity index is 1.68. The molecule has 1 aliphatic heterocycles. The zero-order valence-electron chi connectivity index (χ0n) is 12.7. The summed E-state index contributed by atoms with van der Waals surface area (Å²) in [4.78, 5) is 30.1. The second-order valence-electron chi connectivity index (χ2n) is 5.50. The van der Waals surface area contributed by atoms with Crippen molar-refractivity contribution < 1.29 is 4.79 Å². The fraction of sp³-hybridized carbons (Fsp3) is 0.400. The number of aromatic amines is 2. The maximum absolute atomic E-state index is 12.4. The van der Waals surface area contributed by atoms with E-state index in [1.807, 2.05) is 18.7 Å². The second kappa shape index (κ2) is 5.67. The van der Waals surface area contributed by atoms with Crippen molar-refractivity contribution in [1.29, 1.82) is 0 Å². The van der Waals surface area contributed by atoms with Crippen LogP contribution < -0.4 is 10.5 Å². The second-order valence-corrected chi connectivity index (χ2v) is 5.50. The van der Waals surface area contributed by atoms with Gasteiger partial charge in [-0.2, -0.15) is 5.10 Å². The van der Waals surface area contributed by atoms with Crippen LogP contribution in [0.5, 0.6) is 0 Å². The average Bonchev–Trinajstić information content (AvgIpc) is 2.86. The highest BCUT2D eigenvalue weighted by Gasteiger charge is 2.24. The zero-order chi connectivity index (χ0) is 15.7. The van der Waals surface area contributed by atoms with Gasteiger partial charge in [-0.1, -0.05) is 0 Å². The summed E-state index contributed by atoms with van der Waals surface area (Å²) in [7, 11) is 0. The number of nitrogens with one attached hydrogen (secondary N) is 2. The van der Waals surface area contributed by atoms with Crippen LogP contribution in [0.3, 0.4) is 0 Å². The Hall–Kier alpha value is -2.57. The molecule has 1 amide bonds. The van der Waals surface area contributed by atoms with Gasteiger partial charge in [0.25, 0.3) is 5.91 Å². The van der Waals surface area contributed by atoms with E-state index in [2.05, 4.69) is 20.1 Å². The highest BCUT2D eigenvalue weighted by Crippen LogP contribution is 2.23. The van der Waals surface area contributed by atoms with Gasteiger partial charge in [0.15, 0.2) is 0 Å². The van der Waals surface area contributed by atoms with Crippen molar-refractivity contribution in [3.63, 3.8) is 0 Å². The first-order valence-corrected chi connectivity index (χ1v) is 7.31. The third-order valence-electron chi connectivity index (χ3n) is 4.00. The number of rotatable bonds is 2. The molecule has 2 N–H and O–H groups in total. The number of nitrogens with zero attached hydrogens (tertiary/aromatic N) is 3. The molecule has 116 valence electrons. The van der Waals surface area contributed by atoms with E-state index in [9.17, 15) is 9.59 Å². The Morgan fingerprint density at radius 1 is 1.18 bits per heavy atom. The van der Waals surface area contributed by atoms with Crippen LogP contribution in [0.15, 0.2) is 23.1 Å². The fourth-order valence-electron chi connectivity index (χ4n) is 2.87. The summed E-state index contributed by atoms with van der Waals surface area (Å²) in [5, 5.41) is 7.21. The third kappa shape index (κ3) is 2.61. The van der Waals surface area contributed by atoms with Crippen LogP contribution in [-0.2, 0) is 0 Å². The lowest BCUT2D eigenvalue weighted by Gasteiger charge is -2.36. The number of aryl methyl sites for hydroxylation is 2. The van der Waals surface area contributed by atoms with E-state index in [1.165, 1.54) is 12.3 Å². The number of hydrogen-bond donors (Lipinski definition) is 2. The van der Waals surface area contributed by atoms with Gasteiger partial charge < -0.3 is 14.8 Å². The normalized spacial score (nSPS) is 15.2. The van der Waals surface area contributed by atoms with Crippen molar-refractivity contribution in [3.8, 4) is 0 Å². The van der Waals surface area contributed by atoms with Crippen LogP contribution in [0.25, 0.3) is 0 Å². The molecule has 0 atom stereocenters. The zero-order valence-corrected chi connectivity index (χ0v) is 12.7. The lowest BCUT2D eigenvalue weighted by molar-refractivity contribution is 0.0746. The van der Waals surface area contributed by atoms with Gasteiger partial charge in [0.05, 0.1) is 22.6 Å². The molecule has 0 radical (unpaired) electrons. The number of hydrogen-bond acceptors (Lipinski definition) is 4. The minimum Gasteiger partial charge on any atom is -0.365 e. The molecule has 1 aliphatic rings. The standard InChI is InChI=1S/C15H19N5O2/c1-10-14(11(2)18-17-10)19-5-7-20(8-6-19)15(22)12-3-4-13(21)16-9-12/h3-4,9H,5-8H2,1-2H3,(H,16,21)(H,17,18). The SMILES string of the molecule is Cc1n[nH]c(C)c1N1CCN(C(=O)c2ccc(=O)[nH]c2)CC1. The highest BCUT2D eigenvalue weighted by molar-refractivity contribution is 5.94. The van der Waals surface area contributed by atoms with Crippen LogP contribution in [-0.4, -0.2) is 52.2 Å². The number of pyridine rings is 1. The van der Waals surface area contributed by atoms with Crippen molar-refractivity contribution >= 4 is 11.6 Å². The van der Waals surface area contributed by atoms with Crippen molar-refractivity contribution in [1.82, 2.24) is 20.1 Å². The van der Waals surface area contributed by atoms with Gasteiger partial charge in [-0.05, 0) is 19.9 Å². The van der Waals surface area contributed by atoms with E-state index in [0.717, 1.165) is 30.2 Å². The van der Waals surface area contributed by atoms with Gasteiger partial charge in [0.1, 0.15) is 0 Å². The molecule has 0 aromatic carbocycles. The van der Waals surface area contributed by atoms with Crippen LogP contribution in [0.2, 0.25) is 0 Å². The van der Waals surface area contributed by atoms with Crippen LogP contribution in [0.4, 0.5) is 5.69 Å². The summed E-state index contributed by atoms with van der Waals surface area (Å²) < 4.78 is 0. The quantitative estimate of drug-likeness (QED) is 0.854. The van der Waals surface area contributed by atoms with Crippen molar-refractivity contribution in [2.24, 2.45) is 0 Å². The first kappa shape index (κ1) is 14.4. The van der Waals surface area contributed by atoms with Crippen molar-refractivity contribution in [2.75, 3.05) is 31.1 Å². The summed E-state index contributed by atoms with van der Waals surface area (Å²) in [6.45, 7) is 6.85. The van der Waals surface area contributed by atoms with E-state index < -0.39 is 0 Å². The predicted octanol–water partition coefficient (Wildman–Crippen LogP) is 0.677. The first-order valence-electron chi connectivity index (χ1n) is 7.31. The van der Waals surface area contributed by atoms with Crippen molar-refractivity contribution in [2.45, 2.75) is 13.8 Å². The maximum Gasteiger partial charge on any atom is 0.255 e. The summed E-state index contributed by atoms with van der Waals surface area (Å²) in [6, 6.07) is 2.94. The lowest BCUT2D eigenvalue weighted by atomic mass is 10.2. The third-order valence-corrected chi connectivity index (χ3v) is 4.00. The number of carbonyl (C=O) groups excluding carboxylic acids is 1. The minimum absolute atomic E-state index is 0.0449. The number of H-pyrrole nitrogens is 2. The largest absolute Gasteiger partial charge is 0.365 e. The number of aromatic nitrogens is 3. The van der Waals surface area contributed by atoms with E-state index in [1.54, 1.807) is 6.07 Å². The monoisotopic (exact) mass is 301 g/mol. The van der Waals surface area contributed by atoms with Gasteiger partial charge in [-0.3, -0.25) is 14.7 Å². The maximum atomic E-state index is 12.4. The molecule has 1 fully saturated rings. The molecule has 0 aliphatic carbocycles. The van der Waals surface area contributed by atoms with Gasteiger partial charge in [0.2, 0.25) is 5.56 Å². The molecule has 0 bridgehead atoms. The Bertz CT molecular complexity index is 701. The Labute approximate surface area is 127 Å². The molecule has 2 aromatic rings. The number of anilines is 1. The number of carbonyl (C=O) groups is 1. The first-order chi connectivity index (χ1) is 10.6. The Kier molecular flexibility index (Phi) is 3.70. The number of amides is 1. The highest BCUT2D eigenvalue weighted by atomic mass is 16.2. The average molecular weight is 301 g/mol. The van der Waals surface area contributed by atoms with Crippen molar-refractivity contribution in [3.05, 3.63) is 45.6 Å². The summed E-state index contributed by atoms with van der Waals surface area (Å²) in [5.41, 5.74) is 3.49. The molecule has 22 heavy (non-hydrogen) atoms. The van der Waals surface area contributed by atoms with Gasteiger partial charge in [-0.15, -0.1) is 0 Å². The molecule has 0 spiro atoms. The van der Waals surface area contributed by atoms with Crippen LogP contribution in [0.1, 0.15) is 21.7 Å². The molecule has 3 rings (SSSR count). The van der Waals surface area contributed by atoms with E-state index in [4.69, 9.17) is 0 Å². The smallest absolute Gasteiger partial charge is 0.255 e. The van der Waals surface area contributed by atoms with Crippen LogP contribution >= 0.6 is 0 Å². The molecule has 0 unspecified atom stereocenters. The fourth-order valence-corrected chi connectivity index (χ4v) is 2.87. The Morgan fingerprint density at radius 2 is 1.91 bits per heavy atom. The molecule has 7 nitrogen and oxygen atoms in total. The topological polar surface area (TPSA) is 85.1 Å².